The van der Waals surface area contributed by atoms with Crippen LogP contribution in [0.5, 0.6) is 0 Å². The van der Waals surface area contributed by atoms with Crippen molar-refractivity contribution in [2.75, 3.05) is 19.7 Å². The average molecular weight is 155 g/mol. The summed E-state index contributed by atoms with van der Waals surface area (Å²) >= 11 is 0. The van der Waals surface area contributed by atoms with Crippen molar-refractivity contribution < 1.29 is 4.74 Å². The van der Waals surface area contributed by atoms with E-state index in [1.807, 2.05) is 0 Å². The second kappa shape index (κ2) is 2.20. The van der Waals surface area contributed by atoms with Crippen molar-refractivity contribution in [1.29, 1.82) is 0 Å². The van der Waals surface area contributed by atoms with Crippen LogP contribution in [0.15, 0.2) is 0 Å². The van der Waals surface area contributed by atoms with Gasteiger partial charge in [-0.15, -0.1) is 0 Å². The molecule has 0 radical (unpaired) electrons. The van der Waals surface area contributed by atoms with E-state index in [9.17, 15) is 0 Å². The van der Waals surface area contributed by atoms with E-state index < -0.39 is 0 Å². The summed E-state index contributed by atoms with van der Waals surface area (Å²) in [6.45, 7) is 7.79. The first kappa shape index (κ1) is 7.56. The topological polar surface area (TPSA) is 21.3 Å². The van der Waals surface area contributed by atoms with Crippen LogP contribution >= 0.6 is 0 Å². The first-order valence-electron chi connectivity index (χ1n) is 4.51. The molecule has 2 heteroatoms. The molecule has 1 atom stereocenters. The van der Waals surface area contributed by atoms with Gasteiger partial charge in [0.05, 0.1) is 5.60 Å². The molecule has 2 fully saturated rings. The lowest BCUT2D eigenvalue weighted by atomic mass is 9.74. The van der Waals surface area contributed by atoms with Gasteiger partial charge in [0.15, 0.2) is 0 Å². The van der Waals surface area contributed by atoms with Gasteiger partial charge in [-0.3, -0.25) is 0 Å². The van der Waals surface area contributed by atoms with E-state index >= 15 is 0 Å². The van der Waals surface area contributed by atoms with E-state index in [1.54, 1.807) is 0 Å². The molecule has 11 heavy (non-hydrogen) atoms. The number of nitrogens with one attached hydrogen (secondary N) is 1. The molecule has 2 nitrogen and oxygen atoms in total. The summed E-state index contributed by atoms with van der Waals surface area (Å²) in [5.74, 6) is 0. The molecule has 0 bridgehead atoms. The van der Waals surface area contributed by atoms with Crippen LogP contribution in [0.25, 0.3) is 0 Å². The Morgan fingerprint density at radius 1 is 1.27 bits per heavy atom. The van der Waals surface area contributed by atoms with Gasteiger partial charge in [-0.1, -0.05) is 13.8 Å². The summed E-state index contributed by atoms with van der Waals surface area (Å²) in [6.07, 6.45) is 2.41. The second-order valence-corrected chi connectivity index (χ2v) is 4.40. The van der Waals surface area contributed by atoms with E-state index in [-0.39, 0.29) is 5.60 Å². The van der Waals surface area contributed by atoms with Crippen molar-refractivity contribution in [3.05, 3.63) is 0 Å². The summed E-state index contributed by atoms with van der Waals surface area (Å²) in [5, 5.41) is 3.39. The van der Waals surface area contributed by atoms with Crippen LogP contribution in [0.1, 0.15) is 26.7 Å². The Morgan fingerprint density at radius 2 is 2.09 bits per heavy atom. The van der Waals surface area contributed by atoms with Gasteiger partial charge in [-0.05, 0) is 24.8 Å². The molecule has 1 spiro atoms. The third-order valence-corrected chi connectivity index (χ3v) is 3.45. The Hall–Kier alpha value is -0.0800. The predicted octanol–water partition coefficient (Wildman–Crippen LogP) is 1.17. The molecule has 1 unspecified atom stereocenters. The zero-order valence-corrected chi connectivity index (χ0v) is 7.44. The van der Waals surface area contributed by atoms with Crippen LogP contribution in [-0.4, -0.2) is 25.3 Å². The number of hydrogen-bond donors (Lipinski definition) is 1. The molecular formula is C9H17NO. The van der Waals surface area contributed by atoms with Crippen LogP contribution in [0, 0.1) is 5.41 Å². The Labute approximate surface area is 68.3 Å². The van der Waals surface area contributed by atoms with Crippen LogP contribution in [-0.2, 0) is 4.74 Å². The molecular weight excluding hydrogens is 138 g/mol. The molecule has 0 amide bonds. The largest absolute Gasteiger partial charge is 0.373 e. The van der Waals surface area contributed by atoms with Crippen LogP contribution < -0.4 is 5.32 Å². The fourth-order valence-corrected chi connectivity index (χ4v) is 2.29. The Balaban J connectivity index is 2.22. The average Bonchev–Trinajstić information content (AvgIpc) is 2.45. The van der Waals surface area contributed by atoms with E-state index in [2.05, 4.69) is 19.2 Å². The molecule has 2 saturated heterocycles. The molecule has 0 aromatic carbocycles. The SMILES string of the molecule is CC1(C)CCOC12CCNC2. The van der Waals surface area contributed by atoms with Gasteiger partial charge in [0.2, 0.25) is 0 Å². The van der Waals surface area contributed by atoms with E-state index in [0.29, 0.717) is 5.41 Å². The minimum absolute atomic E-state index is 0.174. The molecule has 2 rings (SSSR count). The minimum atomic E-state index is 0.174. The Morgan fingerprint density at radius 3 is 2.55 bits per heavy atom. The van der Waals surface area contributed by atoms with Crippen LogP contribution in [0.2, 0.25) is 0 Å². The lowest BCUT2D eigenvalue weighted by Gasteiger charge is -2.35. The third kappa shape index (κ3) is 0.926. The highest BCUT2D eigenvalue weighted by Gasteiger charge is 2.51. The second-order valence-electron chi connectivity index (χ2n) is 4.40. The highest BCUT2D eigenvalue weighted by atomic mass is 16.5. The van der Waals surface area contributed by atoms with Gasteiger partial charge in [0, 0.05) is 13.2 Å². The molecule has 64 valence electrons. The van der Waals surface area contributed by atoms with Crippen molar-refractivity contribution in [1.82, 2.24) is 5.32 Å². The summed E-state index contributed by atoms with van der Waals surface area (Å²) in [6, 6.07) is 0. The molecule has 2 heterocycles. The lowest BCUT2D eigenvalue weighted by Crippen LogP contribution is -2.43. The van der Waals surface area contributed by atoms with Crippen molar-refractivity contribution in [2.45, 2.75) is 32.3 Å². The number of ether oxygens (including phenoxy) is 1. The van der Waals surface area contributed by atoms with Gasteiger partial charge in [0.25, 0.3) is 0 Å². The fraction of sp³-hybridized carbons (Fsp3) is 1.00. The Bertz CT molecular complexity index is 153. The van der Waals surface area contributed by atoms with E-state index in [4.69, 9.17) is 4.74 Å². The summed E-state index contributed by atoms with van der Waals surface area (Å²) in [4.78, 5) is 0. The predicted molar refractivity (Wildman–Crippen MR) is 44.6 cm³/mol. The summed E-state index contributed by atoms with van der Waals surface area (Å²) in [7, 11) is 0. The fourth-order valence-electron chi connectivity index (χ4n) is 2.29. The molecule has 1 N–H and O–H groups in total. The highest BCUT2D eigenvalue weighted by molar-refractivity contribution is 5.03. The smallest absolute Gasteiger partial charge is 0.0869 e. The Kier molecular flexibility index (Phi) is 1.52. The maximum Gasteiger partial charge on any atom is 0.0869 e. The molecule has 2 aliphatic rings. The maximum atomic E-state index is 5.85. The van der Waals surface area contributed by atoms with Crippen molar-refractivity contribution >= 4 is 0 Å². The summed E-state index contributed by atoms with van der Waals surface area (Å²) in [5.41, 5.74) is 0.559. The van der Waals surface area contributed by atoms with E-state index in [1.165, 1.54) is 12.8 Å². The standard InChI is InChI=1S/C9H17NO/c1-8(2)4-6-11-9(8)3-5-10-7-9/h10H,3-7H2,1-2H3. The first-order valence-corrected chi connectivity index (χ1v) is 4.51. The van der Waals surface area contributed by atoms with Gasteiger partial charge in [-0.25, -0.2) is 0 Å². The van der Waals surface area contributed by atoms with Crippen LogP contribution in [0.3, 0.4) is 0 Å². The normalized spacial score (nSPS) is 42.0. The monoisotopic (exact) mass is 155 g/mol. The zero-order valence-electron chi connectivity index (χ0n) is 7.44. The molecule has 0 aromatic rings. The van der Waals surface area contributed by atoms with Gasteiger partial charge >= 0.3 is 0 Å². The summed E-state index contributed by atoms with van der Waals surface area (Å²) < 4.78 is 5.85. The van der Waals surface area contributed by atoms with E-state index in [0.717, 1.165) is 19.7 Å². The van der Waals surface area contributed by atoms with Crippen molar-refractivity contribution in [3.63, 3.8) is 0 Å². The third-order valence-electron chi connectivity index (χ3n) is 3.45. The maximum absolute atomic E-state index is 5.85. The number of hydrogen-bond acceptors (Lipinski definition) is 2. The van der Waals surface area contributed by atoms with Crippen LogP contribution in [0.4, 0.5) is 0 Å². The molecule has 0 aromatic heterocycles. The first-order chi connectivity index (χ1) is 5.16. The minimum Gasteiger partial charge on any atom is -0.373 e. The lowest BCUT2D eigenvalue weighted by molar-refractivity contribution is -0.0333. The van der Waals surface area contributed by atoms with Gasteiger partial charge in [-0.2, -0.15) is 0 Å². The van der Waals surface area contributed by atoms with Crippen molar-refractivity contribution in [3.8, 4) is 0 Å². The van der Waals surface area contributed by atoms with Gasteiger partial charge in [0.1, 0.15) is 0 Å². The highest BCUT2D eigenvalue weighted by Crippen LogP contribution is 2.46. The molecule has 0 saturated carbocycles. The molecule has 2 aliphatic heterocycles. The van der Waals surface area contributed by atoms with Gasteiger partial charge < -0.3 is 10.1 Å². The number of rotatable bonds is 0. The van der Waals surface area contributed by atoms with Crippen molar-refractivity contribution in [2.24, 2.45) is 5.41 Å². The zero-order chi connectivity index (χ0) is 7.95. The molecule has 0 aliphatic carbocycles. The quantitative estimate of drug-likeness (QED) is 0.567.